The molecule has 0 heterocycles. The Morgan fingerprint density at radius 3 is 2.44 bits per heavy atom. The Kier molecular flexibility index (Phi) is 4.98. The van der Waals surface area contributed by atoms with Gasteiger partial charge in [0.25, 0.3) is 0 Å². The maximum absolute atomic E-state index is 5.96. The van der Waals surface area contributed by atoms with E-state index in [1.807, 2.05) is 36.0 Å². The molecule has 2 N–H and O–H groups in total. The first-order valence-corrected chi connectivity index (χ1v) is 7.84. The van der Waals surface area contributed by atoms with Gasteiger partial charge in [-0.25, -0.2) is 0 Å². The van der Waals surface area contributed by atoms with E-state index in [4.69, 9.17) is 17.3 Å². The average molecular weight is 343 g/mol. The average Bonchev–Trinajstić information content (AvgIpc) is 2.34. The minimum atomic E-state index is 0.779. The Morgan fingerprint density at radius 1 is 1.06 bits per heavy atom. The van der Waals surface area contributed by atoms with Gasteiger partial charge in [0.2, 0.25) is 0 Å². The first-order valence-electron chi connectivity index (χ1n) is 5.51. The second-order valence-electron chi connectivity index (χ2n) is 3.96. The second kappa shape index (κ2) is 6.50. The highest BCUT2D eigenvalue weighted by Gasteiger charge is 2.01. The molecule has 0 saturated heterocycles. The van der Waals surface area contributed by atoms with E-state index in [0.29, 0.717) is 0 Å². The van der Waals surface area contributed by atoms with Gasteiger partial charge in [-0.2, -0.15) is 11.8 Å². The van der Waals surface area contributed by atoms with Crippen LogP contribution in [0.2, 0.25) is 5.02 Å². The number of anilines is 1. The van der Waals surface area contributed by atoms with Crippen LogP contribution in [0.25, 0.3) is 0 Å². The van der Waals surface area contributed by atoms with Gasteiger partial charge in [0.15, 0.2) is 0 Å². The first kappa shape index (κ1) is 13.8. The van der Waals surface area contributed by atoms with Crippen molar-refractivity contribution in [1.82, 2.24) is 0 Å². The summed E-state index contributed by atoms with van der Waals surface area (Å²) >= 11 is 11.1. The van der Waals surface area contributed by atoms with Gasteiger partial charge in [-0.05, 0) is 35.4 Å². The maximum Gasteiger partial charge on any atom is 0.0406 e. The minimum absolute atomic E-state index is 0.779. The Bertz CT molecular complexity index is 528. The highest BCUT2D eigenvalue weighted by molar-refractivity contribution is 9.10. The van der Waals surface area contributed by atoms with Crippen LogP contribution in [0, 0.1) is 0 Å². The second-order valence-corrected chi connectivity index (χ2v) is 6.30. The first-order chi connectivity index (χ1) is 8.65. The molecule has 2 rings (SSSR count). The smallest absolute Gasteiger partial charge is 0.0406 e. The Morgan fingerprint density at radius 2 is 1.78 bits per heavy atom. The Labute approximate surface area is 125 Å². The topological polar surface area (TPSA) is 26.0 Å². The van der Waals surface area contributed by atoms with Crippen molar-refractivity contribution in [3.63, 3.8) is 0 Å². The van der Waals surface area contributed by atoms with Gasteiger partial charge in [-0.15, -0.1) is 0 Å². The molecule has 0 spiro atoms. The van der Waals surface area contributed by atoms with E-state index >= 15 is 0 Å². The van der Waals surface area contributed by atoms with Crippen LogP contribution < -0.4 is 5.73 Å². The maximum atomic E-state index is 5.96. The molecule has 0 aliphatic carbocycles. The number of hydrogen-bond acceptors (Lipinski definition) is 2. The highest BCUT2D eigenvalue weighted by atomic mass is 79.9. The predicted octanol–water partition coefficient (Wildman–Crippen LogP) is 5.12. The summed E-state index contributed by atoms with van der Waals surface area (Å²) in [5.41, 5.74) is 9.26. The molecule has 0 amide bonds. The molecule has 0 aliphatic rings. The van der Waals surface area contributed by atoms with Crippen molar-refractivity contribution in [3.8, 4) is 0 Å². The molecule has 0 aliphatic heterocycles. The molecule has 0 fully saturated rings. The van der Waals surface area contributed by atoms with Crippen molar-refractivity contribution < 1.29 is 0 Å². The number of hydrogen-bond donors (Lipinski definition) is 1. The van der Waals surface area contributed by atoms with Gasteiger partial charge in [0, 0.05) is 26.7 Å². The van der Waals surface area contributed by atoms with Gasteiger partial charge < -0.3 is 5.73 Å². The molecule has 0 aromatic heterocycles. The lowest BCUT2D eigenvalue weighted by Gasteiger charge is -2.06. The zero-order valence-electron chi connectivity index (χ0n) is 9.70. The highest BCUT2D eigenvalue weighted by Crippen LogP contribution is 2.25. The number of halogens is 2. The lowest BCUT2D eigenvalue weighted by molar-refractivity contribution is 1.36. The number of nitrogens with two attached hydrogens (primary N) is 1. The van der Waals surface area contributed by atoms with Gasteiger partial charge in [0.1, 0.15) is 0 Å². The third kappa shape index (κ3) is 3.94. The fourth-order valence-corrected chi connectivity index (χ4v) is 3.07. The fourth-order valence-electron chi connectivity index (χ4n) is 1.56. The predicted molar refractivity (Wildman–Crippen MR) is 85.0 cm³/mol. The largest absolute Gasteiger partial charge is 0.398 e. The molecule has 2 aromatic rings. The molecule has 2 aromatic carbocycles. The Balaban J connectivity index is 1.90. The van der Waals surface area contributed by atoms with Gasteiger partial charge in [-0.3, -0.25) is 0 Å². The summed E-state index contributed by atoms with van der Waals surface area (Å²) in [6.07, 6.45) is 0. The van der Waals surface area contributed by atoms with E-state index in [-0.39, 0.29) is 0 Å². The molecule has 0 bridgehead atoms. The van der Waals surface area contributed by atoms with Crippen molar-refractivity contribution in [1.29, 1.82) is 0 Å². The molecule has 0 unspecified atom stereocenters. The summed E-state index contributed by atoms with van der Waals surface area (Å²) in [7, 11) is 0. The summed E-state index contributed by atoms with van der Waals surface area (Å²) in [5.74, 6) is 1.88. The third-order valence-corrected chi connectivity index (χ3v) is 4.35. The Hall–Kier alpha value is -0.640. The van der Waals surface area contributed by atoms with Crippen LogP contribution in [0.5, 0.6) is 0 Å². The lowest BCUT2D eigenvalue weighted by atomic mass is 10.2. The number of rotatable bonds is 4. The molecule has 1 nitrogen and oxygen atoms in total. The fraction of sp³-hybridized carbons (Fsp3) is 0.143. The quantitative estimate of drug-likeness (QED) is 0.781. The van der Waals surface area contributed by atoms with E-state index < -0.39 is 0 Å². The van der Waals surface area contributed by atoms with Gasteiger partial charge in [0.05, 0.1) is 0 Å². The van der Waals surface area contributed by atoms with Crippen molar-refractivity contribution in [3.05, 3.63) is 63.1 Å². The molecular weight excluding hydrogens is 330 g/mol. The van der Waals surface area contributed by atoms with Crippen LogP contribution in [0.15, 0.2) is 46.9 Å². The molecule has 0 atom stereocenters. The summed E-state index contributed by atoms with van der Waals surface area (Å²) in [6, 6.07) is 14.0. The standard InChI is InChI=1S/C14H13BrClNS/c15-12-4-3-11(14(17)7-12)9-18-8-10-1-5-13(16)6-2-10/h1-7H,8-9,17H2. The number of thioether (sulfide) groups is 1. The van der Waals surface area contributed by atoms with Crippen LogP contribution >= 0.6 is 39.3 Å². The normalized spacial score (nSPS) is 10.6. The molecule has 0 radical (unpaired) electrons. The van der Waals surface area contributed by atoms with Crippen LogP contribution in [0.3, 0.4) is 0 Å². The van der Waals surface area contributed by atoms with Crippen molar-refractivity contribution in [2.45, 2.75) is 11.5 Å². The zero-order chi connectivity index (χ0) is 13.0. The van der Waals surface area contributed by atoms with E-state index in [1.165, 1.54) is 11.1 Å². The van der Waals surface area contributed by atoms with Crippen LogP contribution in [-0.4, -0.2) is 0 Å². The van der Waals surface area contributed by atoms with Gasteiger partial charge in [-0.1, -0.05) is 45.7 Å². The molecule has 0 saturated carbocycles. The third-order valence-electron chi connectivity index (χ3n) is 2.55. The van der Waals surface area contributed by atoms with Crippen LogP contribution in [0.1, 0.15) is 11.1 Å². The number of benzene rings is 2. The number of nitrogen functional groups attached to an aromatic ring is 1. The SMILES string of the molecule is Nc1cc(Br)ccc1CSCc1ccc(Cl)cc1. The van der Waals surface area contributed by atoms with Crippen LogP contribution in [-0.2, 0) is 11.5 Å². The minimum Gasteiger partial charge on any atom is -0.398 e. The van der Waals surface area contributed by atoms with E-state index in [1.54, 1.807) is 0 Å². The van der Waals surface area contributed by atoms with E-state index in [0.717, 1.165) is 26.7 Å². The summed E-state index contributed by atoms with van der Waals surface area (Å²) in [6.45, 7) is 0. The molecule has 4 heteroatoms. The molecular formula is C14H13BrClNS. The summed E-state index contributed by atoms with van der Waals surface area (Å²) in [4.78, 5) is 0. The monoisotopic (exact) mass is 341 g/mol. The summed E-state index contributed by atoms with van der Waals surface area (Å²) < 4.78 is 1.02. The van der Waals surface area contributed by atoms with E-state index in [9.17, 15) is 0 Å². The van der Waals surface area contributed by atoms with Crippen LogP contribution in [0.4, 0.5) is 5.69 Å². The van der Waals surface area contributed by atoms with Crippen molar-refractivity contribution in [2.24, 2.45) is 0 Å². The van der Waals surface area contributed by atoms with Gasteiger partial charge >= 0.3 is 0 Å². The zero-order valence-corrected chi connectivity index (χ0v) is 12.9. The summed E-state index contributed by atoms with van der Waals surface area (Å²) in [5, 5.41) is 0.779. The van der Waals surface area contributed by atoms with E-state index in [2.05, 4.69) is 34.1 Å². The van der Waals surface area contributed by atoms with Crippen molar-refractivity contribution in [2.75, 3.05) is 5.73 Å². The molecule has 18 heavy (non-hydrogen) atoms. The lowest BCUT2D eigenvalue weighted by Crippen LogP contribution is -1.92. The van der Waals surface area contributed by atoms with Crippen molar-refractivity contribution >= 4 is 45.0 Å². The molecule has 94 valence electrons.